The van der Waals surface area contributed by atoms with Crippen molar-refractivity contribution in [1.82, 2.24) is 24.8 Å². The van der Waals surface area contributed by atoms with Crippen molar-refractivity contribution in [2.45, 2.75) is 46.2 Å². The highest BCUT2D eigenvalue weighted by molar-refractivity contribution is 5.24. The maximum Gasteiger partial charge on any atom is 0.363 e. The predicted molar refractivity (Wildman–Crippen MR) is 72.0 cm³/mol. The molecule has 6 nitrogen and oxygen atoms in total. The molecule has 0 saturated carbocycles. The summed E-state index contributed by atoms with van der Waals surface area (Å²) in [6.07, 6.45) is 3.61. The Morgan fingerprint density at radius 3 is 2.42 bits per heavy atom. The predicted octanol–water partition coefficient (Wildman–Crippen LogP) is 1.20. The van der Waals surface area contributed by atoms with Gasteiger partial charge in [-0.25, -0.2) is 4.79 Å². The molecule has 102 valence electrons. The first-order valence-corrected chi connectivity index (χ1v) is 6.37. The van der Waals surface area contributed by atoms with E-state index in [1.165, 1.54) is 9.36 Å². The molecule has 2 rings (SSSR count). The van der Waals surface area contributed by atoms with E-state index in [4.69, 9.17) is 0 Å². The van der Waals surface area contributed by atoms with Gasteiger partial charge >= 0.3 is 5.69 Å². The summed E-state index contributed by atoms with van der Waals surface area (Å²) in [4.78, 5) is 16.1. The van der Waals surface area contributed by atoms with Crippen LogP contribution in [0.4, 0.5) is 0 Å². The third-order valence-corrected chi connectivity index (χ3v) is 2.99. The molecule has 0 bridgehead atoms. The quantitative estimate of drug-likeness (QED) is 0.832. The summed E-state index contributed by atoms with van der Waals surface area (Å²) in [7, 11) is 0. The fourth-order valence-electron chi connectivity index (χ4n) is 1.76. The van der Waals surface area contributed by atoms with Crippen molar-refractivity contribution >= 4 is 0 Å². The third-order valence-electron chi connectivity index (χ3n) is 2.99. The standard InChI is InChI=1S/C13H19N5O/c1-5-17-12(19)18(16-15-17)9-10-6-11(8-14-7-10)13(2,3)4/h6-8H,5,9H2,1-4H3. The fraction of sp³-hybridized carbons (Fsp3) is 0.538. The van der Waals surface area contributed by atoms with Crippen molar-refractivity contribution < 1.29 is 0 Å². The number of nitrogens with zero attached hydrogens (tertiary/aromatic N) is 5. The minimum Gasteiger partial charge on any atom is -0.264 e. The van der Waals surface area contributed by atoms with Gasteiger partial charge in [0.1, 0.15) is 0 Å². The van der Waals surface area contributed by atoms with E-state index in [0.29, 0.717) is 13.1 Å². The lowest BCUT2D eigenvalue weighted by Gasteiger charge is -2.18. The second kappa shape index (κ2) is 4.95. The van der Waals surface area contributed by atoms with E-state index < -0.39 is 0 Å². The van der Waals surface area contributed by atoms with Crippen molar-refractivity contribution in [2.75, 3.05) is 0 Å². The lowest BCUT2D eigenvalue weighted by molar-refractivity contribution is 0.581. The van der Waals surface area contributed by atoms with Crippen molar-refractivity contribution in [3.05, 3.63) is 40.1 Å². The largest absolute Gasteiger partial charge is 0.363 e. The summed E-state index contributed by atoms with van der Waals surface area (Å²) in [5, 5.41) is 7.66. The topological polar surface area (TPSA) is 65.6 Å². The molecule has 0 saturated heterocycles. The van der Waals surface area contributed by atoms with Crippen LogP contribution < -0.4 is 5.69 Å². The summed E-state index contributed by atoms with van der Waals surface area (Å²) in [5.41, 5.74) is 1.94. The Labute approximate surface area is 112 Å². The zero-order chi connectivity index (χ0) is 14.0. The van der Waals surface area contributed by atoms with Gasteiger partial charge in [0, 0.05) is 18.9 Å². The van der Waals surface area contributed by atoms with E-state index in [0.717, 1.165) is 11.1 Å². The monoisotopic (exact) mass is 261 g/mol. The highest BCUT2D eigenvalue weighted by Crippen LogP contribution is 2.21. The van der Waals surface area contributed by atoms with Crippen LogP contribution in [0.15, 0.2) is 23.3 Å². The molecule has 0 spiro atoms. The Hall–Kier alpha value is -1.98. The van der Waals surface area contributed by atoms with Crippen LogP contribution in [0.3, 0.4) is 0 Å². The SMILES string of the molecule is CCn1nnn(Cc2cncc(C(C)(C)C)c2)c1=O. The van der Waals surface area contributed by atoms with Gasteiger partial charge in [0.05, 0.1) is 6.54 Å². The first kappa shape index (κ1) is 13.5. The number of hydrogen-bond donors (Lipinski definition) is 0. The molecule has 0 radical (unpaired) electrons. The van der Waals surface area contributed by atoms with Gasteiger partial charge in [0.2, 0.25) is 0 Å². The summed E-state index contributed by atoms with van der Waals surface area (Å²) >= 11 is 0. The molecule has 0 fully saturated rings. The minimum atomic E-state index is -0.191. The molecule has 2 heterocycles. The lowest BCUT2D eigenvalue weighted by Crippen LogP contribution is -2.25. The van der Waals surface area contributed by atoms with Crippen LogP contribution in [0.1, 0.15) is 38.8 Å². The molecule has 0 unspecified atom stereocenters. The molecule has 2 aromatic heterocycles. The van der Waals surface area contributed by atoms with Crippen LogP contribution >= 0.6 is 0 Å². The lowest BCUT2D eigenvalue weighted by atomic mass is 9.88. The normalized spacial score (nSPS) is 11.8. The van der Waals surface area contributed by atoms with E-state index in [-0.39, 0.29) is 11.1 Å². The Kier molecular flexibility index (Phi) is 3.50. The van der Waals surface area contributed by atoms with E-state index in [9.17, 15) is 4.79 Å². The highest BCUT2D eigenvalue weighted by Gasteiger charge is 2.15. The van der Waals surface area contributed by atoms with Gasteiger partial charge in [-0.05, 0) is 33.9 Å². The van der Waals surface area contributed by atoms with E-state index in [1.54, 1.807) is 6.20 Å². The molecule has 0 aliphatic rings. The molecule has 0 aromatic carbocycles. The molecule has 0 N–H and O–H groups in total. The molecule has 0 amide bonds. The summed E-state index contributed by atoms with van der Waals surface area (Å²) in [6, 6.07) is 2.06. The van der Waals surface area contributed by atoms with Gasteiger partial charge in [-0.2, -0.15) is 9.36 Å². The number of aryl methyl sites for hydroxylation is 1. The van der Waals surface area contributed by atoms with Gasteiger partial charge in [0.25, 0.3) is 0 Å². The first-order chi connectivity index (χ1) is 8.91. The van der Waals surface area contributed by atoms with Crippen LogP contribution in [0.25, 0.3) is 0 Å². The fourth-order valence-corrected chi connectivity index (χ4v) is 1.76. The number of tetrazole rings is 1. The van der Waals surface area contributed by atoms with Crippen molar-refractivity contribution in [2.24, 2.45) is 0 Å². The maximum absolute atomic E-state index is 11.9. The van der Waals surface area contributed by atoms with E-state index in [2.05, 4.69) is 42.2 Å². The molecule has 0 aliphatic heterocycles. The molecule has 2 aromatic rings. The van der Waals surface area contributed by atoms with Crippen LogP contribution in [-0.4, -0.2) is 24.8 Å². The number of aromatic nitrogens is 5. The molecule has 0 atom stereocenters. The van der Waals surface area contributed by atoms with Crippen LogP contribution in [-0.2, 0) is 18.5 Å². The molecule has 0 aliphatic carbocycles. The third kappa shape index (κ3) is 2.89. The minimum absolute atomic E-state index is 0.0367. The Balaban J connectivity index is 2.29. The molecule has 19 heavy (non-hydrogen) atoms. The van der Waals surface area contributed by atoms with Crippen LogP contribution in [0.2, 0.25) is 0 Å². The van der Waals surface area contributed by atoms with Crippen LogP contribution in [0, 0.1) is 0 Å². The maximum atomic E-state index is 11.9. The molecular weight excluding hydrogens is 242 g/mol. The van der Waals surface area contributed by atoms with E-state index >= 15 is 0 Å². The summed E-state index contributed by atoms with van der Waals surface area (Å²) in [6.45, 7) is 9.19. The second-order valence-electron chi connectivity index (χ2n) is 5.57. The van der Waals surface area contributed by atoms with Gasteiger partial charge in [-0.3, -0.25) is 4.98 Å². The van der Waals surface area contributed by atoms with Crippen molar-refractivity contribution in [1.29, 1.82) is 0 Å². The summed E-state index contributed by atoms with van der Waals surface area (Å²) < 4.78 is 2.69. The molecular formula is C13H19N5O. The van der Waals surface area contributed by atoms with Gasteiger partial charge in [-0.15, -0.1) is 0 Å². The van der Waals surface area contributed by atoms with Crippen LogP contribution in [0.5, 0.6) is 0 Å². The number of rotatable bonds is 3. The van der Waals surface area contributed by atoms with Gasteiger partial charge in [0.15, 0.2) is 0 Å². The zero-order valence-corrected chi connectivity index (χ0v) is 11.8. The Bertz CT molecular complexity index is 620. The van der Waals surface area contributed by atoms with Gasteiger partial charge in [-0.1, -0.05) is 26.8 Å². The Morgan fingerprint density at radius 2 is 1.84 bits per heavy atom. The number of pyridine rings is 1. The van der Waals surface area contributed by atoms with Gasteiger partial charge < -0.3 is 0 Å². The first-order valence-electron chi connectivity index (χ1n) is 6.37. The average Bonchev–Trinajstić information content (AvgIpc) is 2.70. The second-order valence-corrected chi connectivity index (χ2v) is 5.57. The smallest absolute Gasteiger partial charge is 0.264 e. The molecule has 6 heteroatoms. The highest BCUT2D eigenvalue weighted by atomic mass is 16.2. The Morgan fingerprint density at radius 1 is 1.16 bits per heavy atom. The van der Waals surface area contributed by atoms with Crippen molar-refractivity contribution in [3.8, 4) is 0 Å². The average molecular weight is 261 g/mol. The zero-order valence-electron chi connectivity index (χ0n) is 11.8. The van der Waals surface area contributed by atoms with Crippen molar-refractivity contribution in [3.63, 3.8) is 0 Å². The number of hydrogen-bond acceptors (Lipinski definition) is 4. The van der Waals surface area contributed by atoms with E-state index in [1.807, 2.05) is 13.1 Å². The summed E-state index contributed by atoms with van der Waals surface area (Å²) in [5.74, 6) is 0.